The van der Waals surface area contributed by atoms with Crippen LogP contribution in [-0.2, 0) is 0 Å². The molecular weight excluding hydrogens is 318 g/mol. The molecule has 0 spiro atoms. The van der Waals surface area contributed by atoms with Crippen molar-refractivity contribution in [3.8, 4) is 0 Å². The fourth-order valence-electron chi connectivity index (χ4n) is 3.02. The molecule has 0 bridgehead atoms. The van der Waals surface area contributed by atoms with E-state index < -0.39 is 0 Å². The van der Waals surface area contributed by atoms with Crippen molar-refractivity contribution in [2.75, 3.05) is 44.6 Å². The lowest BCUT2D eigenvalue weighted by molar-refractivity contribution is 0.0641. The Hall–Kier alpha value is -2.31. The van der Waals surface area contributed by atoms with Gasteiger partial charge < -0.3 is 20.0 Å². The number of carbonyl (C=O) groups is 2. The van der Waals surface area contributed by atoms with Gasteiger partial charge in [-0.1, -0.05) is 0 Å². The lowest BCUT2D eigenvalue weighted by Crippen LogP contribution is -2.54. The number of carbonyl (C=O) groups excluding carboxylic acids is 2. The molecule has 25 heavy (non-hydrogen) atoms. The fraction of sp³-hybridized carbons (Fsp3) is 0.611. The topological polar surface area (TPSA) is 68.8 Å². The summed E-state index contributed by atoms with van der Waals surface area (Å²) in [6, 6.07) is 4.30. The van der Waals surface area contributed by atoms with E-state index in [9.17, 15) is 9.59 Å². The maximum atomic E-state index is 12.6. The van der Waals surface area contributed by atoms with Crippen molar-refractivity contribution in [2.24, 2.45) is 0 Å². The first-order valence-corrected chi connectivity index (χ1v) is 9.18. The van der Waals surface area contributed by atoms with E-state index in [1.807, 2.05) is 35.8 Å². The van der Waals surface area contributed by atoms with E-state index in [1.54, 1.807) is 11.1 Å². The molecule has 3 rings (SSSR count). The smallest absolute Gasteiger partial charge is 0.320 e. The van der Waals surface area contributed by atoms with E-state index >= 15 is 0 Å². The molecule has 136 valence electrons. The van der Waals surface area contributed by atoms with Crippen LogP contribution in [0.4, 0.5) is 10.6 Å². The third-order valence-electron chi connectivity index (χ3n) is 4.81. The van der Waals surface area contributed by atoms with E-state index in [1.165, 1.54) is 12.8 Å². The van der Waals surface area contributed by atoms with E-state index in [2.05, 4.69) is 10.3 Å². The number of piperazine rings is 1. The van der Waals surface area contributed by atoms with Crippen LogP contribution in [0.25, 0.3) is 0 Å². The Morgan fingerprint density at radius 1 is 1.12 bits per heavy atom. The van der Waals surface area contributed by atoms with Crippen molar-refractivity contribution in [3.63, 3.8) is 0 Å². The second-order valence-corrected chi connectivity index (χ2v) is 6.58. The minimum atomic E-state index is -0.0135. The molecule has 1 aliphatic heterocycles. The van der Waals surface area contributed by atoms with Gasteiger partial charge in [-0.2, -0.15) is 0 Å². The van der Waals surface area contributed by atoms with Crippen LogP contribution < -0.4 is 5.32 Å². The maximum absolute atomic E-state index is 12.6. The van der Waals surface area contributed by atoms with Crippen molar-refractivity contribution in [2.45, 2.75) is 32.7 Å². The molecule has 0 radical (unpaired) electrons. The number of anilines is 1. The molecule has 3 amide bonds. The van der Waals surface area contributed by atoms with E-state index in [0.717, 1.165) is 5.82 Å². The standard InChI is InChI=1S/C18H27N5O2/c1-3-21(4-2)18(25)23-11-9-22(10-12-23)17(24)14-5-8-16(19-13-14)20-15-6-7-15/h5,8,13,15H,3-4,6-7,9-12H2,1-2H3,(H,19,20). The molecular formula is C18H27N5O2. The lowest BCUT2D eigenvalue weighted by atomic mass is 10.2. The molecule has 2 heterocycles. The van der Waals surface area contributed by atoms with Gasteiger partial charge >= 0.3 is 6.03 Å². The molecule has 1 saturated carbocycles. The summed E-state index contributed by atoms with van der Waals surface area (Å²) in [5.74, 6) is 0.814. The van der Waals surface area contributed by atoms with Gasteiger partial charge in [0.05, 0.1) is 5.56 Å². The Morgan fingerprint density at radius 3 is 2.28 bits per heavy atom. The summed E-state index contributed by atoms with van der Waals surface area (Å²) in [7, 11) is 0. The van der Waals surface area contributed by atoms with Crippen LogP contribution in [0.15, 0.2) is 18.3 Å². The Balaban J connectivity index is 1.53. The van der Waals surface area contributed by atoms with Crippen LogP contribution in [0.2, 0.25) is 0 Å². The molecule has 1 aromatic rings. The Labute approximate surface area is 149 Å². The highest BCUT2D eigenvalue weighted by Crippen LogP contribution is 2.23. The van der Waals surface area contributed by atoms with Crippen molar-refractivity contribution in [1.82, 2.24) is 19.7 Å². The van der Waals surface area contributed by atoms with Gasteiger partial charge in [0, 0.05) is 51.5 Å². The molecule has 1 saturated heterocycles. The van der Waals surface area contributed by atoms with Crippen LogP contribution in [0.3, 0.4) is 0 Å². The summed E-state index contributed by atoms with van der Waals surface area (Å²) in [6.07, 6.45) is 4.03. The van der Waals surface area contributed by atoms with Crippen LogP contribution in [0.5, 0.6) is 0 Å². The van der Waals surface area contributed by atoms with E-state index in [-0.39, 0.29) is 11.9 Å². The van der Waals surface area contributed by atoms with Crippen molar-refractivity contribution in [1.29, 1.82) is 0 Å². The van der Waals surface area contributed by atoms with Gasteiger partial charge in [-0.05, 0) is 38.8 Å². The summed E-state index contributed by atoms with van der Waals surface area (Å²) in [5.41, 5.74) is 0.602. The summed E-state index contributed by atoms with van der Waals surface area (Å²) >= 11 is 0. The van der Waals surface area contributed by atoms with E-state index in [4.69, 9.17) is 0 Å². The Bertz CT molecular complexity index is 602. The van der Waals surface area contributed by atoms with Crippen LogP contribution >= 0.6 is 0 Å². The molecule has 1 aliphatic carbocycles. The number of hydrogen-bond acceptors (Lipinski definition) is 4. The molecule has 0 unspecified atom stereocenters. The molecule has 0 atom stereocenters. The van der Waals surface area contributed by atoms with Crippen LogP contribution in [0, 0.1) is 0 Å². The zero-order valence-electron chi connectivity index (χ0n) is 15.1. The minimum absolute atomic E-state index is 0.0135. The number of pyridine rings is 1. The first kappa shape index (κ1) is 17.5. The van der Waals surface area contributed by atoms with Gasteiger partial charge in [0.1, 0.15) is 5.82 Å². The molecule has 1 N–H and O–H groups in total. The number of nitrogens with one attached hydrogen (secondary N) is 1. The number of rotatable bonds is 5. The van der Waals surface area contributed by atoms with Crippen LogP contribution in [-0.4, -0.2) is 76.9 Å². The highest BCUT2D eigenvalue weighted by molar-refractivity contribution is 5.94. The van der Waals surface area contributed by atoms with Gasteiger partial charge in [0.25, 0.3) is 5.91 Å². The minimum Gasteiger partial charge on any atom is -0.367 e. The molecule has 7 heteroatoms. The Kier molecular flexibility index (Phi) is 5.40. The predicted octanol–water partition coefficient (Wildman–Crippen LogP) is 1.88. The summed E-state index contributed by atoms with van der Waals surface area (Å²) in [6.45, 7) is 7.67. The average Bonchev–Trinajstić information content (AvgIpc) is 3.47. The van der Waals surface area contributed by atoms with Gasteiger partial charge in [-0.15, -0.1) is 0 Å². The summed E-state index contributed by atoms with van der Waals surface area (Å²) in [5, 5.41) is 3.32. The highest BCUT2D eigenvalue weighted by atomic mass is 16.2. The largest absolute Gasteiger partial charge is 0.367 e. The second-order valence-electron chi connectivity index (χ2n) is 6.58. The number of hydrogen-bond donors (Lipinski definition) is 1. The quantitative estimate of drug-likeness (QED) is 0.885. The molecule has 2 fully saturated rings. The van der Waals surface area contributed by atoms with E-state index in [0.29, 0.717) is 50.9 Å². The SMILES string of the molecule is CCN(CC)C(=O)N1CCN(C(=O)c2ccc(NC3CC3)nc2)CC1. The van der Waals surface area contributed by atoms with Crippen LogP contribution in [0.1, 0.15) is 37.0 Å². The monoisotopic (exact) mass is 345 g/mol. The number of amides is 3. The number of urea groups is 1. The first-order valence-electron chi connectivity index (χ1n) is 9.18. The fourth-order valence-corrected chi connectivity index (χ4v) is 3.02. The zero-order chi connectivity index (χ0) is 17.8. The first-order chi connectivity index (χ1) is 12.1. The van der Waals surface area contributed by atoms with Crippen molar-refractivity contribution in [3.05, 3.63) is 23.9 Å². The average molecular weight is 345 g/mol. The summed E-state index contributed by atoms with van der Waals surface area (Å²) < 4.78 is 0. The zero-order valence-corrected chi connectivity index (χ0v) is 15.1. The molecule has 2 aliphatic rings. The molecule has 7 nitrogen and oxygen atoms in total. The molecule has 0 aromatic carbocycles. The van der Waals surface area contributed by atoms with Gasteiger partial charge in [-0.25, -0.2) is 9.78 Å². The van der Waals surface area contributed by atoms with Crippen molar-refractivity contribution < 1.29 is 9.59 Å². The maximum Gasteiger partial charge on any atom is 0.320 e. The Morgan fingerprint density at radius 2 is 1.76 bits per heavy atom. The van der Waals surface area contributed by atoms with Crippen molar-refractivity contribution >= 4 is 17.8 Å². The van der Waals surface area contributed by atoms with Gasteiger partial charge in [-0.3, -0.25) is 4.79 Å². The molecule has 1 aromatic heterocycles. The summed E-state index contributed by atoms with van der Waals surface area (Å²) in [4.78, 5) is 34.8. The van der Waals surface area contributed by atoms with Gasteiger partial charge in [0.15, 0.2) is 0 Å². The predicted molar refractivity (Wildman–Crippen MR) is 96.7 cm³/mol. The second kappa shape index (κ2) is 7.72. The highest BCUT2D eigenvalue weighted by Gasteiger charge is 2.27. The van der Waals surface area contributed by atoms with Gasteiger partial charge in [0.2, 0.25) is 0 Å². The normalized spacial score (nSPS) is 17.4. The third-order valence-corrected chi connectivity index (χ3v) is 4.81. The number of aromatic nitrogens is 1. The lowest BCUT2D eigenvalue weighted by Gasteiger charge is -2.37. The third kappa shape index (κ3) is 4.21. The number of nitrogens with zero attached hydrogens (tertiary/aromatic N) is 4.